The molecule has 3 aromatic rings. The zero-order chi connectivity index (χ0) is 22.4. The molecule has 3 heterocycles. The van der Waals surface area contributed by atoms with Crippen LogP contribution in [0.25, 0.3) is 22.4 Å². The van der Waals surface area contributed by atoms with Crippen LogP contribution in [0.15, 0.2) is 36.9 Å². The van der Waals surface area contributed by atoms with Crippen molar-refractivity contribution >= 4 is 5.82 Å². The monoisotopic (exact) mass is 426 g/mol. The van der Waals surface area contributed by atoms with E-state index in [-0.39, 0.29) is 16.6 Å². The standard InChI is InChI=1S/C23H28F2N6/c1-22(2)8-16(9-23(3,4)30-22)31(5)20-13-26-19(12-27-20)14-6-17(24)21(18(25)7-14)15-10-28-29-11-15/h6-7,10-13,16,30H,8-9H2,1-5H3,(H,28,29). The van der Waals surface area contributed by atoms with Crippen LogP contribution in [0.4, 0.5) is 14.6 Å². The molecule has 2 aromatic heterocycles. The first-order valence-corrected chi connectivity index (χ1v) is 10.4. The van der Waals surface area contributed by atoms with Gasteiger partial charge in [-0.05, 0) is 52.7 Å². The molecule has 1 aliphatic rings. The molecular formula is C23H28F2N6. The number of halogens is 2. The van der Waals surface area contributed by atoms with Crippen LogP contribution in [0.1, 0.15) is 40.5 Å². The third-order valence-electron chi connectivity index (χ3n) is 5.84. The molecule has 1 saturated heterocycles. The van der Waals surface area contributed by atoms with Gasteiger partial charge in [0, 0.05) is 41.5 Å². The van der Waals surface area contributed by atoms with Gasteiger partial charge in [-0.1, -0.05) is 0 Å². The van der Waals surface area contributed by atoms with Crippen LogP contribution < -0.4 is 10.2 Å². The van der Waals surface area contributed by atoms with E-state index in [0.29, 0.717) is 22.9 Å². The van der Waals surface area contributed by atoms with Crippen molar-refractivity contribution in [3.63, 3.8) is 0 Å². The van der Waals surface area contributed by atoms with Crippen LogP contribution in [0.3, 0.4) is 0 Å². The number of piperidine rings is 1. The quantitative estimate of drug-likeness (QED) is 0.640. The van der Waals surface area contributed by atoms with Crippen molar-refractivity contribution in [3.8, 4) is 22.4 Å². The highest BCUT2D eigenvalue weighted by Crippen LogP contribution is 2.33. The molecule has 0 atom stereocenters. The van der Waals surface area contributed by atoms with E-state index in [1.54, 1.807) is 12.4 Å². The second-order valence-electron chi connectivity index (χ2n) is 9.63. The van der Waals surface area contributed by atoms with Crippen molar-refractivity contribution in [1.82, 2.24) is 25.5 Å². The molecule has 1 aromatic carbocycles. The van der Waals surface area contributed by atoms with Crippen LogP contribution in [0.2, 0.25) is 0 Å². The lowest BCUT2D eigenvalue weighted by atomic mass is 9.79. The zero-order valence-electron chi connectivity index (χ0n) is 18.5. The molecule has 0 unspecified atom stereocenters. The first kappa shape index (κ1) is 21.4. The van der Waals surface area contributed by atoms with Crippen molar-refractivity contribution in [2.75, 3.05) is 11.9 Å². The average molecular weight is 427 g/mol. The number of aromatic nitrogens is 4. The lowest BCUT2D eigenvalue weighted by Gasteiger charge is -2.49. The molecule has 0 radical (unpaired) electrons. The van der Waals surface area contributed by atoms with Gasteiger partial charge in [-0.15, -0.1) is 0 Å². The Balaban J connectivity index is 1.57. The lowest BCUT2D eigenvalue weighted by molar-refractivity contribution is 0.160. The van der Waals surface area contributed by atoms with Crippen molar-refractivity contribution in [2.45, 2.75) is 57.7 Å². The number of nitrogens with zero attached hydrogens (tertiary/aromatic N) is 4. The van der Waals surface area contributed by atoms with Gasteiger partial charge in [0.05, 0.1) is 29.8 Å². The Hall–Kier alpha value is -2.87. The van der Waals surface area contributed by atoms with Crippen LogP contribution in [0.5, 0.6) is 0 Å². The Morgan fingerprint density at radius 1 is 0.935 bits per heavy atom. The summed E-state index contributed by atoms with van der Waals surface area (Å²) in [6.07, 6.45) is 8.01. The molecule has 1 fully saturated rings. The Kier molecular flexibility index (Phi) is 5.29. The summed E-state index contributed by atoms with van der Waals surface area (Å²) in [5, 5.41) is 10.0. The summed E-state index contributed by atoms with van der Waals surface area (Å²) in [7, 11) is 2.02. The van der Waals surface area contributed by atoms with Crippen LogP contribution in [-0.4, -0.2) is 44.3 Å². The zero-order valence-corrected chi connectivity index (χ0v) is 18.5. The van der Waals surface area contributed by atoms with Gasteiger partial charge in [-0.25, -0.2) is 13.8 Å². The Labute approximate surface area is 181 Å². The van der Waals surface area contributed by atoms with E-state index in [4.69, 9.17) is 0 Å². The molecule has 1 aliphatic heterocycles. The number of aromatic amines is 1. The molecule has 6 nitrogen and oxygen atoms in total. The third-order valence-corrected chi connectivity index (χ3v) is 5.84. The highest BCUT2D eigenvalue weighted by molar-refractivity contribution is 5.69. The van der Waals surface area contributed by atoms with E-state index in [9.17, 15) is 8.78 Å². The minimum Gasteiger partial charge on any atom is -0.355 e. The van der Waals surface area contributed by atoms with Crippen molar-refractivity contribution in [1.29, 1.82) is 0 Å². The number of benzene rings is 1. The van der Waals surface area contributed by atoms with Crippen LogP contribution in [0, 0.1) is 11.6 Å². The summed E-state index contributed by atoms with van der Waals surface area (Å²) in [5.41, 5.74) is 1.03. The van der Waals surface area contributed by atoms with E-state index in [0.717, 1.165) is 18.7 Å². The number of H-pyrrole nitrogens is 1. The molecule has 8 heteroatoms. The van der Waals surface area contributed by atoms with Gasteiger partial charge in [0.25, 0.3) is 0 Å². The molecule has 0 spiro atoms. The third kappa shape index (κ3) is 4.44. The van der Waals surface area contributed by atoms with E-state index < -0.39 is 11.6 Å². The first-order valence-electron chi connectivity index (χ1n) is 10.4. The van der Waals surface area contributed by atoms with E-state index in [2.05, 4.69) is 58.1 Å². The number of anilines is 1. The largest absolute Gasteiger partial charge is 0.355 e. The molecule has 0 aliphatic carbocycles. The minimum atomic E-state index is -0.668. The predicted molar refractivity (Wildman–Crippen MR) is 118 cm³/mol. The predicted octanol–water partition coefficient (Wildman–Crippen LogP) is 4.56. The van der Waals surface area contributed by atoms with Gasteiger partial charge in [0.2, 0.25) is 0 Å². The smallest absolute Gasteiger partial charge is 0.147 e. The Bertz CT molecular complexity index is 1020. The van der Waals surface area contributed by atoms with Crippen LogP contribution in [-0.2, 0) is 0 Å². The molecule has 31 heavy (non-hydrogen) atoms. The maximum atomic E-state index is 14.6. The fourth-order valence-electron chi connectivity index (χ4n) is 4.77. The number of hydrogen-bond donors (Lipinski definition) is 2. The van der Waals surface area contributed by atoms with Crippen molar-refractivity contribution < 1.29 is 8.78 Å². The van der Waals surface area contributed by atoms with Gasteiger partial charge in [0.15, 0.2) is 0 Å². The fraction of sp³-hybridized carbons (Fsp3) is 0.435. The molecule has 0 saturated carbocycles. The molecule has 0 amide bonds. The summed E-state index contributed by atoms with van der Waals surface area (Å²) >= 11 is 0. The normalized spacial score (nSPS) is 18.2. The summed E-state index contributed by atoms with van der Waals surface area (Å²) in [5.74, 6) is -0.602. The first-order chi connectivity index (χ1) is 14.5. The maximum absolute atomic E-state index is 14.6. The second kappa shape index (κ2) is 7.67. The highest BCUT2D eigenvalue weighted by atomic mass is 19.1. The van der Waals surface area contributed by atoms with Gasteiger partial charge in [-0.3, -0.25) is 10.1 Å². The molecule has 0 bridgehead atoms. The Morgan fingerprint density at radius 3 is 2.10 bits per heavy atom. The average Bonchev–Trinajstić information content (AvgIpc) is 3.19. The van der Waals surface area contributed by atoms with Crippen molar-refractivity contribution in [3.05, 3.63) is 48.6 Å². The summed E-state index contributed by atoms with van der Waals surface area (Å²) in [4.78, 5) is 11.1. The van der Waals surface area contributed by atoms with Gasteiger partial charge in [-0.2, -0.15) is 5.10 Å². The summed E-state index contributed by atoms with van der Waals surface area (Å²) in [6.45, 7) is 8.83. The maximum Gasteiger partial charge on any atom is 0.147 e. The topological polar surface area (TPSA) is 69.7 Å². The summed E-state index contributed by atoms with van der Waals surface area (Å²) < 4.78 is 29.2. The number of hydrogen-bond acceptors (Lipinski definition) is 5. The Morgan fingerprint density at radius 2 is 1.58 bits per heavy atom. The number of rotatable bonds is 4. The van der Waals surface area contributed by atoms with Crippen molar-refractivity contribution in [2.24, 2.45) is 0 Å². The fourth-order valence-corrected chi connectivity index (χ4v) is 4.77. The molecule has 164 valence electrons. The highest BCUT2D eigenvalue weighted by Gasteiger charge is 2.39. The molecule has 4 rings (SSSR count). The van der Waals surface area contributed by atoms with Gasteiger partial charge >= 0.3 is 0 Å². The van der Waals surface area contributed by atoms with E-state index >= 15 is 0 Å². The van der Waals surface area contributed by atoms with Crippen LogP contribution >= 0.6 is 0 Å². The molecule has 2 N–H and O–H groups in total. The summed E-state index contributed by atoms with van der Waals surface area (Å²) in [6, 6.07) is 2.85. The lowest BCUT2D eigenvalue weighted by Crippen LogP contribution is -2.62. The number of nitrogens with one attached hydrogen (secondary N) is 2. The second-order valence-corrected chi connectivity index (χ2v) is 9.63. The molecular weight excluding hydrogens is 398 g/mol. The van der Waals surface area contributed by atoms with E-state index in [1.165, 1.54) is 24.5 Å². The van der Waals surface area contributed by atoms with Gasteiger partial charge in [0.1, 0.15) is 17.5 Å². The van der Waals surface area contributed by atoms with E-state index in [1.807, 2.05) is 7.05 Å². The SMILES string of the molecule is CN(c1cnc(-c2cc(F)c(-c3cn[nH]c3)c(F)c2)cn1)C1CC(C)(C)NC(C)(C)C1. The minimum absolute atomic E-state index is 0.0137. The van der Waals surface area contributed by atoms with Gasteiger partial charge < -0.3 is 10.2 Å².